The monoisotopic (exact) mass is 260 g/mol. The van der Waals surface area contributed by atoms with E-state index in [2.05, 4.69) is 12.2 Å². The minimum atomic E-state index is 0.0486. The summed E-state index contributed by atoms with van der Waals surface area (Å²) >= 11 is 0. The normalized spacial score (nSPS) is 12.5. The van der Waals surface area contributed by atoms with E-state index in [1.807, 2.05) is 24.4 Å². The van der Waals surface area contributed by atoms with E-state index >= 15 is 0 Å². The molecule has 4 heteroatoms. The maximum atomic E-state index is 11.5. The quantitative estimate of drug-likeness (QED) is 0.829. The summed E-state index contributed by atoms with van der Waals surface area (Å²) in [7, 11) is 0. The lowest BCUT2D eigenvalue weighted by Crippen LogP contribution is -2.32. The third kappa shape index (κ3) is 4.41. The molecule has 0 amide bonds. The molecule has 0 saturated carbocycles. The summed E-state index contributed by atoms with van der Waals surface area (Å²) in [5.74, 6) is 1.02. The van der Waals surface area contributed by atoms with Gasteiger partial charge in [-0.05, 0) is 31.5 Å². The predicted octanol–water partition coefficient (Wildman–Crippen LogP) is 2.05. The number of pyridine rings is 1. The fourth-order valence-corrected chi connectivity index (χ4v) is 1.99. The number of hydrogen-bond donors (Lipinski definition) is 1. The van der Waals surface area contributed by atoms with Gasteiger partial charge >= 0.3 is 0 Å². The van der Waals surface area contributed by atoms with E-state index in [4.69, 9.17) is 4.42 Å². The summed E-state index contributed by atoms with van der Waals surface area (Å²) in [6, 6.07) is 9.54. The van der Waals surface area contributed by atoms with E-state index in [0.29, 0.717) is 12.6 Å². The molecular weight excluding hydrogens is 240 g/mol. The Morgan fingerprint density at radius 1 is 1.32 bits per heavy atom. The van der Waals surface area contributed by atoms with Gasteiger partial charge in [0.15, 0.2) is 0 Å². The van der Waals surface area contributed by atoms with Crippen molar-refractivity contribution in [3.63, 3.8) is 0 Å². The van der Waals surface area contributed by atoms with Gasteiger partial charge in [-0.3, -0.25) is 4.79 Å². The third-order valence-corrected chi connectivity index (χ3v) is 3.15. The highest BCUT2D eigenvalue weighted by Gasteiger charge is 2.03. The van der Waals surface area contributed by atoms with Crippen LogP contribution >= 0.6 is 0 Å². The molecule has 0 bridgehead atoms. The Balaban J connectivity index is 1.68. The second-order valence-corrected chi connectivity index (χ2v) is 4.71. The van der Waals surface area contributed by atoms with Crippen LogP contribution in [0.15, 0.2) is 52.0 Å². The number of aromatic nitrogens is 1. The number of furan rings is 1. The van der Waals surface area contributed by atoms with Crippen molar-refractivity contribution in [2.75, 3.05) is 6.54 Å². The average Bonchev–Trinajstić information content (AvgIpc) is 2.92. The lowest BCUT2D eigenvalue weighted by atomic mass is 10.1. The first-order chi connectivity index (χ1) is 9.25. The van der Waals surface area contributed by atoms with Crippen molar-refractivity contribution in [3.8, 4) is 0 Å². The molecule has 2 aromatic heterocycles. The van der Waals surface area contributed by atoms with Gasteiger partial charge in [-0.15, -0.1) is 0 Å². The molecule has 0 aliphatic heterocycles. The fraction of sp³-hybridized carbons (Fsp3) is 0.400. The molecule has 0 radical (unpaired) electrons. The van der Waals surface area contributed by atoms with Gasteiger partial charge in [0.25, 0.3) is 5.56 Å². The highest BCUT2D eigenvalue weighted by molar-refractivity contribution is 4.98. The van der Waals surface area contributed by atoms with Crippen LogP contribution in [0.2, 0.25) is 0 Å². The fourth-order valence-electron chi connectivity index (χ4n) is 1.99. The van der Waals surface area contributed by atoms with Crippen molar-refractivity contribution in [1.82, 2.24) is 9.88 Å². The molecule has 2 rings (SSSR count). The first kappa shape index (κ1) is 13.6. The van der Waals surface area contributed by atoms with Crippen molar-refractivity contribution in [3.05, 3.63) is 58.9 Å². The summed E-state index contributed by atoms with van der Waals surface area (Å²) in [6.07, 6.45) is 5.48. The van der Waals surface area contributed by atoms with E-state index in [0.717, 1.165) is 25.1 Å². The number of nitrogens with one attached hydrogen (secondary N) is 1. The van der Waals surface area contributed by atoms with Crippen LogP contribution < -0.4 is 10.9 Å². The Hall–Kier alpha value is -1.81. The van der Waals surface area contributed by atoms with E-state index in [1.54, 1.807) is 23.0 Å². The molecule has 0 aliphatic carbocycles. The second-order valence-electron chi connectivity index (χ2n) is 4.71. The molecule has 0 fully saturated rings. The van der Waals surface area contributed by atoms with E-state index in [9.17, 15) is 4.79 Å². The molecular formula is C15H20N2O2. The van der Waals surface area contributed by atoms with Crippen molar-refractivity contribution in [1.29, 1.82) is 0 Å². The molecule has 102 valence electrons. The van der Waals surface area contributed by atoms with Crippen LogP contribution in [-0.2, 0) is 13.0 Å². The maximum Gasteiger partial charge on any atom is 0.250 e. The van der Waals surface area contributed by atoms with Crippen molar-refractivity contribution in [2.45, 2.75) is 32.4 Å². The molecule has 1 atom stereocenters. The summed E-state index contributed by atoms with van der Waals surface area (Å²) in [5, 5.41) is 3.42. The molecule has 0 aliphatic rings. The van der Waals surface area contributed by atoms with E-state index in [1.165, 1.54) is 0 Å². The topological polar surface area (TPSA) is 47.2 Å². The number of hydrogen-bond acceptors (Lipinski definition) is 3. The molecule has 4 nitrogen and oxygen atoms in total. The smallest absolute Gasteiger partial charge is 0.250 e. The number of aryl methyl sites for hydroxylation is 1. The number of nitrogens with zero attached hydrogens (tertiary/aromatic N) is 1. The Morgan fingerprint density at radius 2 is 2.21 bits per heavy atom. The summed E-state index contributed by atoms with van der Waals surface area (Å²) in [6.45, 7) is 3.64. The standard InChI is InChI=1S/C15H20N2O2/c1-13(7-8-14-5-4-12-19-14)16-9-11-17-10-3-2-6-15(17)18/h2-6,10,12-13,16H,7-9,11H2,1H3. The summed E-state index contributed by atoms with van der Waals surface area (Å²) in [5.41, 5.74) is 0.0486. The zero-order valence-corrected chi connectivity index (χ0v) is 11.2. The van der Waals surface area contributed by atoms with Gasteiger partial charge in [-0.2, -0.15) is 0 Å². The Kier molecular flexibility index (Phi) is 4.98. The first-order valence-corrected chi connectivity index (χ1v) is 6.67. The highest BCUT2D eigenvalue weighted by atomic mass is 16.3. The van der Waals surface area contributed by atoms with Crippen LogP contribution in [0.4, 0.5) is 0 Å². The van der Waals surface area contributed by atoms with E-state index < -0.39 is 0 Å². The lowest BCUT2D eigenvalue weighted by molar-refractivity contribution is 0.450. The zero-order chi connectivity index (χ0) is 13.5. The average molecular weight is 260 g/mol. The highest BCUT2D eigenvalue weighted by Crippen LogP contribution is 2.05. The van der Waals surface area contributed by atoms with Crippen LogP contribution in [0.3, 0.4) is 0 Å². The van der Waals surface area contributed by atoms with Crippen LogP contribution in [-0.4, -0.2) is 17.2 Å². The molecule has 19 heavy (non-hydrogen) atoms. The van der Waals surface area contributed by atoms with Crippen LogP contribution in [0.5, 0.6) is 0 Å². The Labute approximate surface area is 113 Å². The van der Waals surface area contributed by atoms with Gasteiger partial charge in [0.1, 0.15) is 5.76 Å². The van der Waals surface area contributed by atoms with Crippen molar-refractivity contribution >= 4 is 0 Å². The lowest BCUT2D eigenvalue weighted by Gasteiger charge is -2.13. The zero-order valence-electron chi connectivity index (χ0n) is 11.2. The largest absolute Gasteiger partial charge is 0.469 e. The van der Waals surface area contributed by atoms with E-state index in [-0.39, 0.29) is 5.56 Å². The van der Waals surface area contributed by atoms with Crippen LogP contribution in [0, 0.1) is 0 Å². The minimum absolute atomic E-state index is 0.0486. The Morgan fingerprint density at radius 3 is 2.95 bits per heavy atom. The second kappa shape index (κ2) is 6.95. The summed E-state index contributed by atoms with van der Waals surface area (Å²) in [4.78, 5) is 11.5. The number of rotatable bonds is 7. The molecule has 0 aromatic carbocycles. The molecule has 1 unspecified atom stereocenters. The summed E-state index contributed by atoms with van der Waals surface area (Å²) < 4.78 is 7.01. The molecule has 2 heterocycles. The minimum Gasteiger partial charge on any atom is -0.469 e. The van der Waals surface area contributed by atoms with Crippen molar-refractivity contribution < 1.29 is 4.42 Å². The Bertz CT molecular complexity index is 531. The third-order valence-electron chi connectivity index (χ3n) is 3.15. The van der Waals surface area contributed by atoms with Gasteiger partial charge in [-0.1, -0.05) is 6.07 Å². The van der Waals surface area contributed by atoms with Gasteiger partial charge in [0.05, 0.1) is 6.26 Å². The first-order valence-electron chi connectivity index (χ1n) is 6.67. The van der Waals surface area contributed by atoms with Gasteiger partial charge in [-0.25, -0.2) is 0 Å². The SMILES string of the molecule is CC(CCc1ccco1)NCCn1ccccc1=O. The van der Waals surface area contributed by atoms with Crippen LogP contribution in [0.25, 0.3) is 0 Å². The molecule has 0 saturated heterocycles. The van der Waals surface area contributed by atoms with Crippen molar-refractivity contribution in [2.24, 2.45) is 0 Å². The molecule has 1 N–H and O–H groups in total. The van der Waals surface area contributed by atoms with Gasteiger partial charge in [0, 0.05) is 37.8 Å². The molecule has 2 aromatic rings. The predicted molar refractivity (Wildman–Crippen MR) is 75.2 cm³/mol. The van der Waals surface area contributed by atoms with Gasteiger partial charge < -0.3 is 14.3 Å². The maximum absolute atomic E-state index is 11.5. The van der Waals surface area contributed by atoms with Crippen LogP contribution in [0.1, 0.15) is 19.1 Å². The molecule has 0 spiro atoms. The van der Waals surface area contributed by atoms with Gasteiger partial charge in [0.2, 0.25) is 0 Å².